The van der Waals surface area contributed by atoms with E-state index < -0.39 is 0 Å². The molecule has 0 spiro atoms. The number of anilines is 2. The molecule has 1 N–H and O–H groups in total. The number of likely N-dealkylation sites (N-methyl/N-ethyl adjacent to an activating group) is 2. The summed E-state index contributed by atoms with van der Waals surface area (Å²) in [6, 6.07) is 4.13. The van der Waals surface area contributed by atoms with Crippen molar-refractivity contribution in [1.82, 2.24) is 24.7 Å². The van der Waals surface area contributed by atoms with Gasteiger partial charge in [-0.1, -0.05) is 0 Å². The molecule has 9 nitrogen and oxygen atoms in total. The number of hydrogen-bond donors (Lipinski definition) is 1. The van der Waals surface area contributed by atoms with E-state index in [1.54, 1.807) is 7.11 Å². The van der Waals surface area contributed by atoms with Crippen molar-refractivity contribution in [2.75, 3.05) is 96.9 Å². The quantitative estimate of drug-likeness (QED) is 0.527. The van der Waals surface area contributed by atoms with Crippen molar-refractivity contribution in [2.45, 2.75) is 38.2 Å². The van der Waals surface area contributed by atoms with Gasteiger partial charge in [0.2, 0.25) is 5.95 Å². The molecule has 0 unspecified atom stereocenters. The number of rotatable bonds is 9. The van der Waals surface area contributed by atoms with Gasteiger partial charge >= 0.3 is 0 Å². The highest BCUT2D eigenvalue weighted by Crippen LogP contribution is 2.38. The lowest BCUT2D eigenvalue weighted by atomic mass is 10.1. The fourth-order valence-electron chi connectivity index (χ4n) is 5.47. The van der Waals surface area contributed by atoms with E-state index in [0.29, 0.717) is 5.95 Å². The first-order chi connectivity index (χ1) is 17.6. The van der Waals surface area contributed by atoms with E-state index in [0.717, 1.165) is 113 Å². The SMILES string of the molecule is COc1cc2c(N3CCN(C)CC3)nc(NCCCN3CCN(C)CC3)nc2cc1OC1CCCC1. The standard InChI is InChI=1S/C27H43N7O2/c1-31-11-15-33(16-12-31)10-6-9-28-27-29-23-20-25(36-21-7-4-5-8-21)24(35-3)19-22(23)26(30-27)34-17-13-32(2)14-18-34/h19-21H,4-18H2,1-3H3,(H,28,29,30). The van der Waals surface area contributed by atoms with Crippen molar-refractivity contribution in [3.05, 3.63) is 12.1 Å². The van der Waals surface area contributed by atoms with Crippen molar-refractivity contribution in [1.29, 1.82) is 0 Å². The number of nitrogens with one attached hydrogen (secondary N) is 1. The third-order valence-electron chi connectivity index (χ3n) is 7.89. The van der Waals surface area contributed by atoms with E-state index in [1.165, 1.54) is 12.8 Å². The molecular formula is C27H43N7O2. The summed E-state index contributed by atoms with van der Waals surface area (Å²) < 4.78 is 12.1. The molecule has 5 rings (SSSR count). The van der Waals surface area contributed by atoms with Crippen LogP contribution in [0.3, 0.4) is 0 Å². The normalized spacial score (nSPS) is 20.8. The third kappa shape index (κ3) is 6.12. The molecular weight excluding hydrogens is 454 g/mol. The minimum atomic E-state index is 0.266. The first-order valence-electron chi connectivity index (χ1n) is 13.7. The number of nitrogens with zero attached hydrogens (tertiary/aromatic N) is 6. The van der Waals surface area contributed by atoms with E-state index in [2.05, 4.69) is 51.1 Å². The van der Waals surface area contributed by atoms with Crippen LogP contribution in [0.1, 0.15) is 32.1 Å². The van der Waals surface area contributed by atoms with Gasteiger partial charge in [-0.25, -0.2) is 4.98 Å². The van der Waals surface area contributed by atoms with E-state index in [4.69, 9.17) is 19.4 Å². The summed E-state index contributed by atoms with van der Waals surface area (Å²) in [5, 5.41) is 4.55. The van der Waals surface area contributed by atoms with E-state index in [9.17, 15) is 0 Å². The first-order valence-corrected chi connectivity index (χ1v) is 13.7. The molecule has 9 heteroatoms. The number of benzene rings is 1. The lowest BCUT2D eigenvalue weighted by Gasteiger charge is -2.34. The Kier molecular flexibility index (Phi) is 8.29. The van der Waals surface area contributed by atoms with E-state index >= 15 is 0 Å². The second-order valence-electron chi connectivity index (χ2n) is 10.6. The molecule has 0 atom stereocenters. The molecule has 1 aromatic carbocycles. The molecule has 1 aromatic heterocycles. The van der Waals surface area contributed by atoms with Crippen molar-refractivity contribution >= 4 is 22.7 Å². The Labute approximate surface area is 215 Å². The van der Waals surface area contributed by atoms with Crippen LogP contribution in [0, 0.1) is 0 Å². The number of ether oxygens (including phenoxy) is 2. The largest absolute Gasteiger partial charge is 0.493 e. The summed E-state index contributed by atoms with van der Waals surface area (Å²) in [6.45, 7) is 10.6. The van der Waals surface area contributed by atoms with Crippen molar-refractivity contribution in [2.24, 2.45) is 0 Å². The first kappa shape index (κ1) is 25.3. The van der Waals surface area contributed by atoms with Gasteiger partial charge in [0, 0.05) is 70.4 Å². The predicted octanol–water partition coefficient (Wildman–Crippen LogP) is 2.76. The molecule has 3 heterocycles. The highest BCUT2D eigenvalue weighted by molar-refractivity contribution is 5.93. The van der Waals surface area contributed by atoms with Crippen LogP contribution in [0.15, 0.2) is 12.1 Å². The zero-order valence-electron chi connectivity index (χ0n) is 22.3. The van der Waals surface area contributed by atoms with Crippen LogP contribution in [0.5, 0.6) is 11.5 Å². The summed E-state index contributed by atoms with van der Waals surface area (Å²) >= 11 is 0. The molecule has 198 valence electrons. The summed E-state index contributed by atoms with van der Waals surface area (Å²) in [5.74, 6) is 3.24. The Morgan fingerprint density at radius 2 is 1.58 bits per heavy atom. The molecule has 2 saturated heterocycles. The Bertz CT molecular complexity index is 997. The van der Waals surface area contributed by atoms with Crippen molar-refractivity contribution in [3.8, 4) is 11.5 Å². The average Bonchev–Trinajstić information content (AvgIpc) is 3.40. The molecule has 0 radical (unpaired) electrons. The van der Waals surface area contributed by atoms with Crippen LogP contribution in [0.25, 0.3) is 10.9 Å². The van der Waals surface area contributed by atoms with Crippen LogP contribution >= 0.6 is 0 Å². The Hall–Kier alpha value is -2.36. The van der Waals surface area contributed by atoms with Crippen LogP contribution in [0.4, 0.5) is 11.8 Å². The third-order valence-corrected chi connectivity index (χ3v) is 7.89. The minimum Gasteiger partial charge on any atom is -0.493 e. The zero-order chi connectivity index (χ0) is 24.9. The average molecular weight is 498 g/mol. The number of piperazine rings is 2. The zero-order valence-corrected chi connectivity index (χ0v) is 22.3. The second kappa shape index (κ2) is 11.8. The van der Waals surface area contributed by atoms with Gasteiger partial charge in [0.1, 0.15) is 5.82 Å². The predicted molar refractivity (Wildman–Crippen MR) is 146 cm³/mol. The number of fused-ring (bicyclic) bond motifs is 1. The molecule has 0 amide bonds. The molecule has 1 saturated carbocycles. The van der Waals surface area contributed by atoms with E-state index in [-0.39, 0.29) is 6.10 Å². The van der Waals surface area contributed by atoms with Gasteiger partial charge in [0.05, 0.1) is 18.7 Å². The molecule has 36 heavy (non-hydrogen) atoms. The van der Waals surface area contributed by atoms with Gasteiger partial charge in [-0.3, -0.25) is 0 Å². The maximum atomic E-state index is 6.38. The van der Waals surface area contributed by atoms with Gasteiger partial charge in [-0.2, -0.15) is 4.98 Å². The Balaban J connectivity index is 1.36. The van der Waals surface area contributed by atoms with Crippen LogP contribution < -0.4 is 19.7 Å². The van der Waals surface area contributed by atoms with Gasteiger partial charge < -0.3 is 34.4 Å². The Morgan fingerprint density at radius 3 is 2.28 bits per heavy atom. The highest BCUT2D eigenvalue weighted by Gasteiger charge is 2.23. The number of hydrogen-bond acceptors (Lipinski definition) is 9. The fraction of sp³-hybridized carbons (Fsp3) is 0.704. The lowest BCUT2D eigenvalue weighted by Crippen LogP contribution is -2.45. The summed E-state index contributed by atoms with van der Waals surface area (Å²) in [7, 11) is 6.10. The molecule has 1 aliphatic carbocycles. The van der Waals surface area contributed by atoms with Gasteiger partial charge in [-0.15, -0.1) is 0 Å². The van der Waals surface area contributed by atoms with Crippen LogP contribution in [-0.2, 0) is 0 Å². The molecule has 2 aromatic rings. The lowest BCUT2D eigenvalue weighted by molar-refractivity contribution is 0.154. The smallest absolute Gasteiger partial charge is 0.225 e. The number of aromatic nitrogens is 2. The van der Waals surface area contributed by atoms with Gasteiger partial charge in [0.15, 0.2) is 11.5 Å². The topological polar surface area (TPSA) is 69.2 Å². The number of methoxy groups -OCH3 is 1. The van der Waals surface area contributed by atoms with Gasteiger partial charge in [0.25, 0.3) is 0 Å². The molecule has 0 bridgehead atoms. The van der Waals surface area contributed by atoms with Crippen molar-refractivity contribution in [3.63, 3.8) is 0 Å². The highest BCUT2D eigenvalue weighted by atomic mass is 16.5. The van der Waals surface area contributed by atoms with E-state index in [1.807, 2.05) is 0 Å². The fourth-order valence-corrected chi connectivity index (χ4v) is 5.47. The summed E-state index contributed by atoms with van der Waals surface area (Å²) in [4.78, 5) is 19.7. The molecule has 2 aliphatic heterocycles. The minimum absolute atomic E-state index is 0.266. The van der Waals surface area contributed by atoms with Gasteiger partial charge in [-0.05, 0) is 58.8 Å². The monoisotopic (exact) mass is 497 g/mol. The van der Waals surface area contributed by atoms with Crippen LogP contribution in [-0.4, -0.2) is 117 Å². The maximum absolute atomic E-state index is 6.38. The summed E-state index contributed by atoms with van der Waals surface area (Å²) in [5.41, 5.74) is 0.911. The van der Waals surface area contributed by atoms with Crippen molar-refractivity contribution < 1.29 is 9.47 Å². The second-order valence-corrected chi connectivity index (χ2v) is 10.6. The Morgan fingerprint density at radius 1 is 0.889 bits per heavy atom. The molecule has 3 fully saturated rings. The van der Waals surface area contributed by atoms with Crippen LogP contribution in [0.2, 0.25) is 0 Å². The maximum Gasteiger partial charge on any atom is 0.225 e. The summed E-state index contributed by atoms with van der Waals surface area (Å²) in [6.07, 6.45) is 6.03. The molecule has 3 aliphatic rings.